The number of benzene rings is 1. The fourth-order valence-corrected chi connectivity index (χ4v) is 3.12. The molecule has 1 aliphatic heterocycles. The molecule has 0 aliphatic carbocycles. The van der Waals surface area contributed by atoms with Gasteiger partial charge in [-0.2, -0.15) is 9.50 Å². The zero-order chi connectivity index (χ0) is 14.9. The van der Waals surface area contributed by atoms with Crippen LogP contribution in [0.3, 0.4) is 0 Å². The van der Waals surface area contributed by atoms with Crippen LogP contribution in [0.2, 0.25) is 0 Å². The first-order valence-corrected chi connectivity index (χ1v) is 8.55. The minimum Gasteiger partial charge on any atom is -0.370 e. The molecule has 6 heteroatoms. The Morgan fingerprint density at radius 1 is 1.23 bits per heavy atom. The summed E-state index contributed by atoms with van der Waals surface area (Å²) in [5.41, 5.74) is 2.10. The van der Waals surface area contributed by atoms with Gasteiger partial charge in [0, 0.05) is 23.3 Å². The fraction of sp³-hybridized carbons (Fsp3) is 0.312. The van der Waals surface area contributed by atoms with Crippen LogP contribution < -0.4 is 0 Å². The molecule has 1 aliphatic rings. The quantitative estimate of drug-likeness (QED) is 0.694. The number of nitrogens with zero attached hydrogens (tertiary/aromatic N) is 4. The monoisotopic (exact) mass is 312 g/mol. The van der Waals surface area contributed by atoms with E-state index in [1.54, 1.807) is 18.0 Å². The molecule has 1 atom stereocenters. The number of ether oxygens (including phenoxy) is 1. The largest absolute Gasteiger partial charge is 0.370 e. The maximum absolute atomic E-state index is 5.68. The van der Waals surface area contributed by atoms with Crippen molar-refractivity contribution in [2.75, 3.05) is 12.9 Å². The summed E-state index contributed by atoms with van der Waals surface area (Å²) in [6.07, 6.45) is 5.91. The van der Waals surface area contributed by atoms with Crippen LogP contribution in [-0.4, -0.2) is 32.4 Å². The topological polar surface area (TPSA) is 52.3 Å². The average molecular weight is 312 g/mol. The van der Waals surface area contributed by atoms with Crippen molar-refractivity contribution in [1.29, 1.82) is 0 Å². The third-order valence-corrected chi connectivity index (χ3v) is 4.60. The van der Waals surface area contributed by atoms with E-state index in [-0.39, 0.29) is 6.10 Å². The Bertz CT molecular complexity index is 794. The van der Waals surface area contributed by atoms with E-state index in [1.165, 1.54) is 4.90 Å². The van der Waals surface area contributed by atoms with Crippen LogP contribution in [-0.2, 0) is 4.74 Å². The van der Waals surface area contributed by atoms with E-state index in [1.807, 2.05) is 10.6 Å². The molecule has 0 N–H and O–H groups in total. The van der Waals surface area contributed by atoms with Crippen LogP contribution >= 0.6 is 11.8 Å². The summed E-state index contributed by atoms with van der Waals surface area (Å²) in [4.78, 5) is 10.1. The molecular formula is C16H16N4OS. The van der Waals surface area contributed by atoms with E-state index >= 15 is 0 Å². The minimum atomic E-state index is 0.00779. The van der Waals surface area contributed by atoms with Crippen LogP contribution in [0, 0.1) is 0 Å². The van der Waals surface area contributed by atoms with Crippen molar-refractivity contribution < 1.29 is 4.74 Å². The first kappa shape index (κ1) is 13.7. The van der Waals surface area contributed by atoms with Crippen molar-refractivity contribution in [2.24, 2.45) is 0 Å². The molecule has 1 saturated heterocycles. The number of hydrogen-bond donors (Lipinski definition) is 0. The van der Waals surface area contributed by atoms with E-state index in [2.05, 4.69) is 45.6 Å². The molecule has 0 radical (unpaired) electrons. The fourth-order valence-electron chi connectivity index (χ4n) is 2.71. The number of hydrogen-bond acceptors (Lipinski definition) is 5. The van der Waals surface area contributed by atoms with Gasteiger partial charge in [-0.1, -0.05) is 12.1 Å². The lowest BCUT2D eigenvalue weighted by molar-refractivity contribution is 0.105. The third kappa shape index (κ3) is 2.38. The molecule has 1 fully saturated rings. The summed E-state index contributed by atoms with van der Waals surface area (Å²) in [7, 11) is 0. The predicted molar refractivity (Wildman–Crippen MR) is 85.9 cm³/mol. The SMILES string of the molecule is CSc1ccc(-c2ccnc3nc([C@H]4CCCO4)nn23)cc1. The van der Waals surface area contributed by atoms with Gasteiger partial charge in [-0.3, -0.25) is 0 Å². The standard InChI is InChI=1S/C16H16N4OS/c1-22-12-6-4-11(5-7-12)13-8-9-17-16-18-15(19-20(13)16)14-3-2-10-21-14/h4-9,14H,2-3,10H2,1H3/t14-/m1/s1. The van der Waals surface area contributed by atoms with Gasteiger partial charge in [0.25, 0.3) is 5.78 Å². The highest BCUT2D eigenvalue weighted by Crippen LogP contribution is 2.28. The zero-order valence-corrected chi connectivity index (χ0v) is 13.1. The summed E-state index contributed by atoms with van der Waals surface area (Å²) in [6, 6.07) is 10.4. The second-order valence-electron chi connectivity index (χ2n) is 5.24. The second-order valence-corrected chi connectivity index (χ2v) is 6.12. The van der Waals surface area contributed by atoms with Crippen molar-refractivity contribution in [2.45, 2.75) is 23.8 Å². The van der Waals surface area contributed by atoms with Crippen LogP contribution in [0.15, 0.2) is 41.4 Å². The number of thioether (sulfide) groups is 1. The first-order valence-electron chi connectivity index (χ1n) is 7.33. The van der Waals surface area contributed by atoms with E-state index in [9.17, 15) is 0 Å². The van der Waals surface area contributed by atoms with Crippen molar-refractivity contribution >= 4 is 17.5 Å². The normalized spacial score (nSPS) is 18.1. The maximum atomic E-state index is 5.68. The van der Waals surface area contributed by atoms with Gasteiger partial charge in [0.05, 0.1) is 5.69 Å². The predicted octanol–water partition coefficient (Wildman–Crippen LogP) is 3.36. The molecule has 2 aromatic heterocycles. The molecule has 0 unspecified atom stereocenters. The number of fused-ring (bicyclic) bond motifs is 1. The Hall–Kier alpha value is -1.92. The van der Waals surface area contributed by atoms with Gasteiger partial charge in [0.15, 0.2) is 5.82 Å². The Kier molecular flexibility index (Phi) is 3.56. The van der Waals surface area contributed by atoms with E-state index < -0.39 is 0 Å². The molecule has 5 nitrogen and oxygen atoms in total. The van der Waals surface area contributed by atoms with Gasteiger partial charge in [0.2, 0.25) is 0 Å². The highest BCUT2D eigenvalue weighted by atomic mass is 32.2. The lowest BCUT2D eigenvalue weighted by Crippen LogP contribution is -2.00. The molecule has 22 heavy (non-hydrogen) atoms. The Morgan fingerprint density at radius 2 is 2.09 bits per heavy atom. The van der Waals surface area contributed by atoms with Gasteiger partial charge in [0.1, 0.15) is 6.10 Å². The van der Waals surface area contributed by atoms with E-state index in [0.29, 0.717) is 5.78 Å². The van der Waals surface area contributed by atoms with E-state index in [4.69, 9.17) is 4.74 Å². The van der Waals surface area contributed by atoms with Gasteiger partial charge >= 0.3 is 0 Å². The van der Waals surface area contributed by atoms with Crippen LogP contribution in [0.1, 0.15) is 24.8 Å². The van der Waals surface area contributed by atoms with Gasteiger partial charge in [-0.05, 0) is 37.3 Å². The Balaban J connectivity index is 1.79. The summed E-state index contributed by atoms with van der Waals surface area (Å²) in [6.45, 7) is 0.788. The number of rotatable bonds is 3. The Morgan fingerprint density at radius 3 is 2.82 bits per heavy atom. The minimum absolute atomic E-state index is 0.00779. The van der Waals surface area contributed by atoms with Gasteiger partial charge < -0.3 is 4.74 Å². The average Bonchev–Trinajstić information content (AvgIpc) is 3.23. The molecule has 4 rings (SSSR count). The molecule has 3 aromatic rings. The third-order valence-electron chi connectivity index (χ3n) is 3.86. The zero-order valence-electron chi connectivity index (χ0n) is 12.3. The highest BCUT2D eigenvalue weighted by molar-refractivity contribution is 7.98. The van der Waals surface area contributed by atoms with Crippen molar-refractivity contribution in [1.82, 2.24) is 19.6 Å². The summed E-state index contributed by atoms with van der Waals surface area (Å²) < 4.78 is 7.49. The first-order chi connectivity index (χ1) is 10.8. The van der Waals surface area contributed by atoms with Gasteiger partial charge in [-0.25, -0.2) is 4.98 Å². The van der Waals surface area contributed by atoms with Gasteiger partial charge in [-0.15, -0.1) is 16.9 Å². The Labute approximate surface area is 132 Å². The molecule has 0 amide bonds. The molecule has 112 valence electrons. The molecular weight excluding hydrogens is 296 g/mol. The lowest BCUT2D eigenvalue weighted by atomic mass is 10.1. The number of aromatic nitrogens is 4. The summed E-state index contributed by atoms with van der Waals surface area (Å²) in [5.74, 6) is 1.36. The van der Waals surface area contributed by atoms with Crippen molar-refractivity contribution in [3.05, 3.63) is 42.4 Å². The molecule has 0 saturated carbocycles. The smallest absolute Gasteiger partial charge is 0.253 e. The summed E-state index contributed by atoms with van der Waals surface area (Å²) in [5, 5.41) is 4.63. The van der Waals surface area contributed by atoms with Crippen LogP contribution in [0.4, 0.5) is 0 Å². The van der Waals surface area contributed by atoms with Crippen molar-refractivity contribution in [3.8, 4) is 11.3 Å². The molecule has 1 aromatic carbocycles. The van der Waals surface area contributed by atoms with Crippen LogP contribution in [0.5, 0.6) is 0 Å². The molecule has 0 spiro atoms. The molecule has 3 heterocycles. The van der Waals surface area contributed by atoms with Crippen LogP contribution in [0.25, 0.3) is 17.0 Å². The van der Waals surface area contributed by atoms with Crippen molar-refractivity contribution in [3.63, 3.8) is 0 Å². The molecule has 0 bridgehead atoms. The summed E-state index contributed by atoms with van der Waals surface area (Å²) >= 11 is 1.73. The maximum Gasteiger partial charge on any atom is 0.253 e. The second kappa shape index (κ2) is 5.70. The lowest BCUT2D eigenvalue weighted by Gasteiger charge is -2.05. The van der Waals surface area contributed by atoms with E-state index in [0.717, 1.165) is 36.5 Å². The highest BCUT2D eigenvalue weighted by Gasteiger charge is 2.23.